The number of hydrogen-bond donors (Lipinski definition) is 0. The van der Waals surface area contributed by atoms with E-state index in [1.54, 1.807) is 6.08 Å². The smallest absolute Gasteiger partial charge is 0.171 e. The largest absolute Gasteiger partial charge is 0.294 e. The maximum absolute atomic E-state index is 11.7. The first-order chi connectivity index (χ1) is 8.58. The first-order valence-electron chi connectivity index (χ1n) is 5.92. The number of carbonyl (C=O) groups excluding carboxylic acids is 2. The van der Waals surface area contributed by atoms with Crippen LogP contribution in [-0.2, 0) is 9.59 Å². The summed E-state index contributed by atoms with van der Waals surface area (Å²) in [6.45, 7) is 5.96. The molecule has 0 spiro atoms. The summed E-state index contributed by atoms with van der Waals surface area (Å²) in [6.07, 6.45) is 2.17. The van der Waals surface area contributed by atoms with E-state index >= 15 is 0 Å². The van der Waals surface area contributed by atoms with Crippen molar-refractivity contribution in [3.63, 3.8) is 0 Å². The quantitative estimate of drug-likeness (QED) is 0.446. The second-order valence-corrected chi connectivity index (χ2v) is 5.29. The Morgan fingerprint density at radius 3 is 2.22 bits per heavy atom. The molecule has 0 saturated heterocycles. The fourth-order valence-corrected chi connectivity index (χ4v) is 2.71. The predicted octanol–water partition coefficient (Wildman–Crippen LogP) is 3.77. The number of ketones is 2. The maximum Gasteiger partial charge on any atom is 0.171 e. The number of rotatable bonds is 1. The third kappa shape index (κ3) is 3.43. The van der Waals surface area contributed by atoms with Gasteiger partial charge in [-0.25, -0.2) is 0 Å². The van der Waals surface area contributed by atoms with Gasteiger partial charge in [0.05, 0.1) is 5.57 Å². The Morgan fingerprint density at radius 2 is 1.78 bits per heavy atom. The Hall–Kier alpha value is -1.13. The molecule has 1 aromatic heterocycles. The van der Waals surface area contributed by atoms with E-state index in [1.165, 1.54) is 11.3 Å². The fourth-order valence-electron chi connectivity index (χ4n) is 1.59. The number of thiophene rings is 1. The Bertz CT molecular complexity index is 488. The molecule has 0 amide bonds. The van der Waals surface area contributed by atoms with Crippen LogP contribution < -0.4 is 0 Å². The fraction of sp³-hybridized carbons (Fsp3) is 0.357. The van der Waals surface area contributed by atoms with Crippen LogP contribution >= 0.6 is 23.6 Å². The van der Waals surface area contributed by atoms with Crippen molar-refractivity contribution in [3.05, 3.63) is 27.5 Å². The predicted molar refractivity (Wildman–Crippen MR) is 80.2 cm³/mol. The summed E-state index contributed by atoms with van der Waals surface area (Å²) in [7, 11) is 0. The van der Waals surface area contributed by atoms with Crippen LogP contribution in [0.1, 0.15) is 37.1 Å². The average molecular weight is 280 g/mol. The summed E-state index contributed by atoms with van der Waals surface area (Å²) in [5.41, 5.74) is 1.39. The van der Waals surface area contributed by atoms with E-state index in [0.717, 1.165) is 10.4 Å². The van der Waals surface area contributed by atoms with Crippen LogP contribution in [-0.4, -0.2) is 16.4 Å². The molecule has 96 valence electrons. The van der Waals surface area contributed by atoms with Crippen molar-refractivity contribution in [3.8, 4) is 0 Å². The maximum atomic E-state index is 11.7. The molecule has 0 bridgehead atoms. The van der Waals surface area contributed by atoms with Gasteiger partial charge in [0.1, 0.15) is 0 Å². The van der Waals surface area contributed by atoms with Crippen molar-refractivity contribution in [1.29, 1.82) is 0 Å². The van der Waals surface area contributed by atoms with E-state index in [4.69, 9.17) is 12.2 Å². The normalized spacial score (nSPS) is 15.3. The molecular formula is C14H16O2S2. The zero-order valence-electron chi connectivity index (χ0n) is 10.8. The molecule has 1 fully saturated rings. The van der Waals surface area contributed by atoms with Gasteiger partial charge >= 0.3 is 0 Å². The van der Waals surface area contributed by atoms with Crippen LogP contribution in [0, 0.1) is 6.92 Å². The lowest BCUT2D eigenvalue weighted by molar-refractivity contribution is -0.121. The lowest BCUT2D eigenvalue weighted by Gasteiger charge is -2.12. The van der Waals surface area contributed by atoms with Gasteiger partial charge in [0.25, 0.3) is 0 Å². The van der Waals surface area contributed by atoms with E-state index in [1.807, 2.05) is 32.2 Å². The summed E-state index contributed by atoms with van der Waals surface area (Å²) < 4.78 is 0. The number of thiocarbonyl (C=S) groups is 1. The minimum absolute atomic E-state index is 0.144. The molecule has 1 heterocycles. The summed E-state index contributed by atoms with van der Waals surface area (Å²) in [5, 5.41) is 1.95. The standard InChI is InChI=1S/C12H10O2S2.C2H6/c1-7-2-3-16-12(7)6-9-10(13)4-8(15)5-11(9)14;1-2/h2-3,6H,4-5H2,1H3;1-2H3. The molecule has 1 saturated carbocycles. The number of carbonyl (C=O) groups is 2. The Labute approximate surface area is 117 Å². The van der Waals surface area contributed by atoms with Crippen molar-refractivity contribution in [2.75, 3.05) is 0 Å². The van der Waals surface area contributed by atoms with Crippen LogP contribution in [0.2, 0.25) is 0 Å². The van der Waals surface area contributed by atoms with Crippen LogP contribution in [0.3, 0.4) is 0 Å². The van der Waals surface area contributed by atoms with E-state index < -0.39 is 0 Å². The van der Waals surface area contributed by atoms with Gasteiger partial charge in [-0.2, -0.15) is 0 Å². The average Bonchev–Trinajstić information content (AvgIpc) is 2.72. The van der Waals surface area contributed by atoms with Gasteiger partial charge < -0.3 is 0 Å². The summed E-state index contributed by atoms with van der Waals surface area (Å²) in [4.78, 5) is 24.9. The molecule has 18 heavy (non-hydrogen) atoms. The number of allylic oxidation sites excluding steroid dienone is 1. The lowest BCUT2D eigenvalue weighted by atomic mass is 9.91. The monoisotopic (exact) mass is 280 g/mol. The van der Waals surface area contributed by atoms with Gasteiger partial charge in [0, 0.05) is 22.6 Å². The van der Waals surface area contributed by atoms with Gasteiger partial charge in [-0.15, -0.1) is 11.3 Å². The van der Waals surface area contributed by atoms with Gasteiger partial charge in [0.2, 0.25) is 0 Å². The second kappa shape index (κ2) is 6.71. The number of aryl methyl sites for hydroxylation is 1. The van der Waals surface area contributed by atoms with Crippen molar-refractivity contribution >= 4 is 46.1 Å². The molecular weight excluding hydrogens is 264 g/mol. The molecule has 0 unspecified atom stereocenters. The Morgan fingerprint density at radius 1 is 1.22 bits per heavy atom. The van der Waals surface area contributed by atoms with Gasteiger partial charge in [-0.05, 0) is 30.0 Å². The zero-order chi connectivity index (χ0) is 13.7. The van der Waals surface area contributed by atoms with Crippen molar-refractivity contribution in [2.24, 2.45) is 0 Å². The van der Waals surface area contributed by atoms with Crippen molar-refractivity contribution in [1.82, 2.24) is 0 Å². The highest BCUT2D eigenvalue weighted by Gasteiger charge is 2.26. The minimum Gasteiger partial charge on any atom is -0.294 e. The molecule has 0 aromatic carbocycles. The number of Topliss-reactive ketones (excluding diaryl/α,β-unsaturated/α-hetero) is 2. The van der Waals surface area contributed by atoms with E-state index in [2.05, 4.69) is 0 Å². The third-order valence-electron chi connectivity index (χ3n) is 2.49. The molecule has 1 aliphatic carbocycles. The molecule has 2 rings (SSSR count). The van der Waals surface area contributed by atoms with Crippen molar-refractivity contribution in [2.45, 2.75) is 33.6 Å². The van der Waals surface area contributed by atoms with E-state index in [-0.39, 0.29) is 24.4 Å². The molecule has 1 aliphatic rings. The molecule has 4 heteroatoms. The first kappa shape index (κ1) is 14.9. The third-order valence-corrected chi connectivity index (χ3v) is 3.75. The molecule has 0 atom stereocenters. The molecule has 1 aromatic rings. The molecule has 0 radical (unpaired) electrons. The van der Waals surface area contributed by atoms with Gasteiger partial charge in [-0.1, -0.05) is 26.1 Å². The zero-order valence-corrected chi connectivity index (χ0v) is 12.4. The van der Waals surface area contributed by atoms with E-state index in [0.29, 0.717) is 10.4 Å². The topological polar surface area (TPSA) is 34.1 Å². The highest BCUT2D eigenvalue weighted by Crippen LogP contribution is 2.23. The minimum atomic E-state index is -0.144. The Kier molecular flexibility index (Phi) is 5.56. The van der Waals surface area contributed by atoms with E-state index in [9.17, 15) is 9.59 Å². The van der Waals surface area contributed by atoms with Crippen LogP contribution in [0.15, 0.2) is 17.0 Å². The van der Waals surface area contributed by atoms with Crippen molar-refractivity contribution < 1.29 is 9.59 Å². The highest BCUT2D eigenvalue weighted by atomic mass is 32.1. The Balaban J connectivity index is 0.000000771. The second-order valence-electron chi connectivity index (χ2n) is 3.76. The molecule has 0 N–H and O–H groups in total. The van der Waals surface area contributed by atoms with Gasteiger partial charge in [0.15, 0.2) is 11.6 Å². The van der Waals surface area contributed by atoms with Crippen LogP contribution in [0.5, 0.6) is 0 Å². The highest BCUT2D eigenvalue weighted by molar-refractivity contribution is 7.80. The molecule has 0 aliphatic heterocycles. The van der Waals surface area contributed by atoms with Crippen LogP contribution in [0.25, 0.3) is 6.08 Å². The first-order valence-corrected chi connectivity index (χ1v) is 7.20. The lowest BCUT2D eigenvalue weighted by Crippen LogP contribution is -2.24. The van der Waals surface area contributed by atoms with Crippen LogP contribution in [0.4, 0.5) is 0 Å². The summed E-state index contributed by atoms with van der Waals surface area (Å²) >= 11 is 6.45. The summed E-state index contributed by atoms with van der Waals surface area (Å²) in [5.74, 6) is -0.289. The number of hydrogen-bond acceptors (Lipinski definition) is 4. The molecule has 2 nitrogen and oxygen atoms in total. The summed E-state index contributed by atoms with van der Waals surface area (Å²) in [6, 6.07) is 1.97. The SMILES string of the molecule is CC.Cc1ccsc1C=C1C(=O)CC(=S)CC1=O. The van der Waals surface area contributed by atoms with Gasteiger partial charge in [-0.3, -0.25) is 9.59 Å².